The Kier molecular flexibility index (Phi) is 13.8. The van der Waals surface area contributed by atoms with Crippen LogP contribution in [-0.2, 0) is 16.0 Å². The quantitative estimate of drug-likeness (QED) is 0.260. The van der Waals surface area contributed by atoms with E-state index in [0.29, 0.717) is 37.7 Å². The monoisotopic (exact) mass is 520 g/mol. The highest BCUT2D eigenvalue weighted by atomic mass is 32.2. The molecule has 2 N–H and O–H groups in total. The Hall–Kier alpha value is -2.78. The number of unbranched alkanes of at least 4 members (excludes halogenated alkanes) is 2. The van der Waals surface area contributed by atoms with Crippen LogP contribution in [0.2, 0.25) is 0 Å². The minimum atomic E-state index is -0.986. The van der Waals surface area contributed by atoms with Crippen molar-refractivity contribution in [2.75, 3.05) is 43.1 Å². The number of hydrogen-bond acceptors (Lipinski definition) is 5. The van der Waals surface area contributed by atoms with E-state index in [1.165, 1.54) is 43.5 Å². The maximum Gasteiger partial charge on any atom is 0.333 e. The van der Waals surface area contributed by atoms with Gasteiger partial charge in [-0.1, -0.05) is 31.9 Å². The molecule has 0 aliphatic carbocycles. The van der Waals surface area contributed by atoms with Crippen LogP contribution in [0, 0.1) is 5.82 Å². The summed E-state index contributed by atoms with van der Waals surface area (Å²) in [4.78, 5) is 25.8. The average Bonchev–Trinajstić information content (AvgIpc) is 2.87. The average molecular weight is 521 g/mol. The van der Waals surface area contributed by atoms with Crippen molar-refractivity contribution in [1.82, 2.24) is 4.90 Å². The molecule has 2 rings (SSSR count). The number of thioether (sulfide) groups is 1. The third-order valence-corrected chi connectivity index (χ3v) is 6.45. The normalized spacial score (nSPS) is 11.6. The number of carboxylic acid groups (broad SMARTS) is 1. The fourth-order valence-electron chi connectivity index (χ4n) is 3.41. The summed E-state index contributed by atoms with van der Waals surface area (Å²) in [6, 6.07) is 12.6. The van der Waals surface area contributed by atoms with Gasteiger partial charge in [-0.05, 0) is 61.1 Å². The van der Waals surface area contributed by atoms with Crippen molar-refractivity contribution < 1.29 is 28.6 Å². The van der Waals surface area contributed by atoms with Crippen molar-refractivity contribution >= 4 is 29.4 Å². The number of carboxylic acids is 1. The molecule has 0 bridgehead atoms. The maximum absolute atomic E-state index is 13.2. The number of benzene rings is 2. The molecule has 0 aromatic heterocycles. The van der Waals surface area contributed by atoms with Crippen LogP contribution in [0.15, 0.2) is 48.5 Å². The summed E-state index contributed by atoms with van der Waals surface area (Å²) in [5, 5.41) is 12.1. The Balaban J connectivity index is 1.88. The third kappa shape index (κ3) is 11.3. The molecule has 1 atom stereocenters. The van der Waals surface area contributed by atoms with Gasteiger partial charge in [-0.2, -0.15) is 11.8 Å². The summed E-state index contributed by atoms with van der Waals surface area (Å²) in [6.45, 7) is 5.53. The number of aliphatic carboxylic acids is 1. The molecular formula is C27H37FN2O5S. The zero-order valence-corrected chi connectivity index (χ0v) is 21.9. The predicted octanol–water partition coefficient (Wildman–Crippen LogP) is 5.69. The van der Waals surface area contributed by atoms with Crippen molar-refractivity contribution in [2.45, 2.75) is 45.6 Å². The number of ether oxygens (including phenoxy) is 2. The lowest BCUT2D eigenvalue weighted by Gasteiger charge is -2.23. The number of rotatable bonds is 17. The molecule has 0 heterocycles. The highest BCUT2D eigenvalue weighted by molar-refractivity contribution is 7.99. The molecule has 0 aliphatic heterocycles. The number of nitrogens with one attached hydrogen (secondary N) is 1. The molecule has 0 radical (unpaired) electrons. The van der Waals surface area contributed by atoms with Gasteiger partial charge in [-0.15, -0.1) is 0 Å². The molecular weight excluding hydrogens is 483 g/mol. The zero-order chi connectivity index (χ0) is 26.2. The number of halogens is 1. The molecule has 0 aliphatic rings. The van der Waals surface area contributed by atoms with E-state index in [0.717, 1.165) is 17.1 Å². The largest absolute Gasteiger partial charge is 0.492 e. The summed E-state index contributed by atoms with van der Waals surface area (Å²) in [5.41, 5.74) is 1.37. The van der Waals surface area contributed by atoms with E-state index in [2.05, 4.69) is 12.2 Å². The van der Waals surface area contributed by atoms with Gasteiger partial charge in [-0.3, -0.25) is 0 Å². The van der Waals surface area contributed by atoms with E-state index in [-0.39, 0.29) is 18.3 Å². The highest BCUT2D eigenvalue weighted by Gasteiger charge is 2.18. The van der Waals surface area contributed by atoms with Gasteiger partial charge >= 0.3 is 12.0 Å². The van der Waals surface area contributed by atoms with E-state index in [4.69, 9.17) is 9.47 Å². The summed E-state index contributed by atoms with van der Waals surface area (Å²) in [6.07, 6.45) is 2.94. The number of hydrogen-bond donors (Lipinski definition) is 2. The molecule has 0 saturated heterocycles. The Morgan fingerprint density at radius 2 is 1.75 bits per heavy atom. The van der Waals surface area contributed by atoms with Gasteiger partial charge in [0, 0.05) is 31.0 Å². The fraction of sp³-hybridized carbons (Fsp3) is 0.481. The van der Waals surface area contributed by atoms with Crippen LogP contribution in [0.25, 0.3) is 0 Å². The van der Waals surface area contributed by atoms with Crippen molar-refractivity contribution in [3.05, 3.63) is 59.9 Å². The number of nitrogens with zero attached hydrogens (tertiary/aromatic N) is 1. The van der Waals surface area contributed by atoms with Crippen LogP contribution in [0.3, 0.4) is 0 Å². The number of carbonyl (C=O) groups is 2. The molecule has 9 heteroatoms. The van der Waals surface area contributed by atoms with E-state index < -0.39 is 12.1 Å². The minimum Gasteiger partial charge on any atom is -0.492 e. The van der Waals surface area contributed by atoms with Crippen LogP contribution in [-0.4, -0.2) is 65.9 Å². The second-order valence-electron chi connectivity index (χ2n) is 8.22. The molecule has 2 aromatic rings. The number of carbonyl (C=O) groups excluding carboxylic acids is 1. The minimum absolute atomic E-state index is 0.259. The Morgan fingerprint density at radius 1 is 1.03 bits per heavy atom. The van der Waals surface area contributed by atoms with Crippen LogP contribution in [0.1, 0.15) is 38.7 Å². The summed E-state index contributed by atoms with van der Waals surface area (Å²) in [7, 11) is 0. The van der Waals surface area contributed by atoms with Crippen molar-refractivity contribution in [3.8, 4) is 5.75 Å². The SMILES string of the molecule is CCCCCSCCN(CCOc1ccc(CC(OCC)C(=O)O)cc1)C(=O)Nc1ccc(F)cc1. The summed E-state index contributed by atoms with van der Waals surface area (Å²) in [5.74, 6) is 1.18. The van der Waals surface area contributed by atoms with Crippen LogP contribution >= 0.6 is 11.8 Å². The Bertz CT molecular complexity index is 911. The van der Waals surface area contributed by atoms with Gasteiger partial charge in [0.2, 0.25) is 0 Å². The fourth-order valence-corrected chi connectivity index (χ4v) is 4.37. The van der Waals surface area contributed by atoms with Gasteiger partial charge in [0.1, 0.15) is 18.2 Å². The van der Waals surface area contributed by atoms with Crippen LogP contribution < -0.4 is 10.1 Å². The number of amides is 2. The Morgan fingerprint density at radius 3 is 2.39 bits per heavy atom. The first-order valence-electron chi connectivity index (χ1n) is 12.4. The lowest BCUT2D eigenvalue weighted by atomic mass is 10.1. The number of urea groups is 1. The van der Waals surface area contributed by atoms with E-state index in [9.17, 15) is 19.1 Å². The molecule has 2 aromatic carbocycles. The maximum atomic E-state index is 13.2. The summed E-state index contributed by atoms with van der Waals surface area (Å²) >= 11 is 1.82. The lowest BCUT2D eigenvalue weighted by molar-refractivity contribution is -0.149. The zero-order valence-electron chi connectivity index (χ0n) is 21.1. The first-order chi connectivity index (χ1) is 17.4. The smallest absolute Gasteiger partial charge is 0.333 e. The van der Waals surface area contributed by atoms with Crippen molar-refractivity contribution in [2.24, 2.45) is 0 Å². The molecule has 7 nitrogen and oxygen atoms in total. The molecule has 1 unspecified atom stereocenters. The standard InChI is InChI=1S/C27H37FN2O5S/c1-3-5-6-18-36-19-16-30(27(33)29-23-11-9-22(28)10-12-23)15-17-35-24-13-7-21(8-14-24)20-25(26(31)32)34-4-2/h7-14,25H,3-6,15-20H2,1-2H3,(H,29,33)(H,31,32). The van der Waals surface area contributed by atoms with Gasteiger partial charge in [0.25, 0.3) is 0 Å². The van der Waals surface area contributed by atoms with Crippen molar-refractivity contribution in [3.63, 3.8) is 0 Å². The topological polar surface area (TPSA) is 88.1 Å². The molecule has 198 valence electrons. The number of anilines is 1. The van der Waals surface area contributed by atoms with Gasteiger partial charge in [0.15, 0.2) is 6.10 Å². The van der Waals surface area contributed by atoms with Crippen LogP contribution in [0.4, 0.5) is 14.9 Å². The van der Waals surface area contributed by atoms with Gasteiger partial charge in [-0.25, -0.2) is 14.0 Å². The van der Waals surface area contributed by atoms with E-state index in [1.807, 2.05) is 23.9 Å². The first kappa shape index (κ1) is 29.5. The highest BCUT2D eigenvalue weighted by Crippen LogP contribution is 2.15. The molecule has 0 saturated carbocycles. The second kappa shape index (κ2) is 16.8. The predicted molar refractivity (Wildman–Crippen MR) is 143 cm³/mol. The van der Waals surface area contributed by atoms with Crippen molar-refractivity contribution in [1.29, 1.82) is 0 Å². The van der Waals surface area contributed by atoms with Gasteiger partial charge in [0.05, 0.1) is 6.54 Å². The molecule has 2 amide bonds. The third-order valence-electron chi connectivity index (χ3n) is 5.40. The van der Waals surface area contributed by atoms with E-state index >= 15 is 0 Å². The molecule has 36 heavy (non-hydrogen) atoms. The molecule has 0 spiro atoms. The van der Waals surface area contributed by atoms with E-state index in [1.54, 1.807) is 24.0 Å². The second-order valence-corrected chi connectivity index (χ2v) is 9.45. The lowest BCUT2D eigenvalue weighted by Crippen LogP contribution is -2.39. The van der Waals surface area contributed by atoms with Gasteiger partial charge < -0.3 is 24.8 Å². The molecule has 0 fully saturated rings. The first-order valence-corrected chi connectivity index (χ1v) is 13.5. The summed E-state index contributed by atoms with van der Waals surface area (Å²) < 4.78 is 24.3. The van der Waals surface area contributed by atoms with Crippen LogP contribution in [0.5, 0.6) is 5.75 Å². The Labute approximate surface area is 217 Å².